The fraction of sp³-hybridized carbons (Fsp3) is 0.150. The first-order chi connectivity index (χ1) is 14.0. The van der Waals surface area contributed by atoms with E-state index < -0.39 is 17.2 Å². The molecule has 1 saturated carbocycles. The largest absolute Gasteiger partial charge is 0.366 e. The van der Waals surface area contributed by atoms with E-state index in [4.69, 9.17) is 5.73 Å². The van der Waals surface area contributed by atoms with Crippen molar-refractivity contribution in [3.63, 3.8) is 0 Å². The number of nitrogens with one attached hydrogen (secondary N) is 2. The lowest BCUT2D eigenvalue weighted by molar-refractivity contribution is 0.1000. The van der Waals surface area contributed by atoms with Crippen LogP contribution < -0.4 is 17.0 Å². The molecule has 1 fully saturated rings. The van der Waals surface area contributed by atoms with Crippen LogP contribution in [-0.4, -0.2) is 30.5 Å². The van der Waals surface area contributed by atoms with Gasteiger partial charge >= 0.3 is 5.69 Å². The van der Waals surface area contributed by atoms with Crippen LogP contribution >= 0.6 is 0 Å². The number of aromatic amines is 2. The van der Waals surface area contributed by atoms with Gasteiger partial charge in [-0.1, -0.05) is 12.1 Å². The number of amides is 1. The Morgan fingerprint density at radius 3 is 2.86 bits per heavy atom. The Labute approximate surface area is 163 Å². The Kier molecular flexibility index (Phi) is 3.70. The average molecular weight is 388 g/mol. The van der Waals surface area contributed by atoms with E-state index in [1.165, 1.54) is 6.20 Å². The molecule has 3 heterocycles. The minimum Gasteiger partial charge on any atom is -0.366 e. The first kappa shape index (κ1) is 17.1. The van der Waals surface area contributed by atoms with Gasteiger partial charge in [-0.15, -0.1) is 0 Å². The summed E-state index contributed by atoms with van der Waals surface area (Å²) in [5.74, 6) is -0.0614. The summed E-state index contributed by atoms with van der Waals surface area (Å²) in [7, 11) is 0. The monoisotopic (exact) mass is 388 g/mol. The molecule has 0 unspecified atom stereocenters. The quantitative estimate of drug-likeness (QED) is 0.481. The molecule has 1 amide bonds. The smallest absolute Gasteiger partial charge is 0.325 e. The van der Waals surface area contributed by atoms with E-state index in [0.29, 0.717) is 16.9 Å². The number of carbonyl (C=O) groups is 1. The standard InChI is InChI=1S/C20H16N6O3/c21-17(27)11-3-1-2-10(6-11)12-7-13(12)14-8-16(25-26-5-4-22-18(14)26)15-9-23-20(29)24-19(15)28/h1-6,8-9,12-13H,7H2,(H2,21,27)(H2,23,24,28,29)/t12-,13+/m1/s1. The van der Waals surface area contributed by atoms with E-state index in [-0.39, 0.29) is 17.4 Å². The third-order valence-corrected chi connectivity index (χ3v) is 5.27. The van der Waals surface area contributed by atoms with Gasteiger partial charge in [0.05, 0.1) is 11.3 Å². The number of nitrogens with zero attached hydrogens (tertiary/aromatic N) is 3. The molecule has 9 heteroatoms. The summed E-state index contributed by atoms with van der Waals surface area (Å²) in [5.41, 5.74) is 8.23. The van der Waals surface area contributed by atoms with Gasteiger partial charge in [-0.05, 0) is 42.0 Å². The predicted octanol–water partition coefficient (Wildman–Crippen LogP) is 1.14. The molecule has 4 N–H and O–H groups in total. The summed E-state index contributed by atoms with van der Waals surface area (Å²) in [6.45, 7) is 0. The first-order valence-electron chi connectivity index (χ1n) is 9.07. The van der Waals surface area contributed by atoms with Crippen molar-refractivity contribution >= 4 is 11.6 Å². The summed E-state index contributed by atoms with van der Waals surface area (Å²) in [6.07, 6.45) is 5.61. The third kappa shape index (κ3) is 2.92. The van der Waals surface area contributed by atoms with Gasteiger partial charge in [0, 0.05) is 29.7 Å². The molecule has 1 aliphatic rings. The molecule has 1 aliphatic carbocycles. The average Bonchev–Trinajstić information content (AvgIpc) is 3.36. The highest BCUT2D eigenvalue weighted by Crippen LogP contribution is 2.55. The Bertz CT molecular complexity index is 1380. The topological polar surface area (TPSA) is 139 Å². The fourth-order valence-corrected chi connectivity index (χ4v) is 3.78. The number of imidazole rings is 1. The number of rotatable bonds is 4. The molecule has 0 spiro atoms. The molecule has 9 nitrogen and oxygen atoms in total. The molecule has 144 valence electrons. The minimum atomic E-state index is -0.570. The zero-order chi connectivity index (χ0) is 20.1. The number of nitrogens with two attached hydrogens (primary N) is 1. The zero-order valence-corrected chi connectivity index (χ0v) is 15.1. The van der Waals surface area contributed by atoms with Gasteiger partial charge < -0.3 is 10.7 Å². The normalized spacial score (nSPS) is 18.1. The van der Waals surface area contributed by atoms with E-state index >= 15 is 0 Å². The van der Waals surface area contributed by atoms with Crippen molar-refractivity contribution in [1.82, 2.24) is 24.6 Å². The molecule has 4 aromatic rings. The predicted molar refractivity (Wildman–Crippen MR) is 105 cm³/mol. The van der Waals surface area contributed by atoms with Gasteiger partial charge in [0.1, 0.15) is 0 Å². The van der Waals surface area contributed by atoms with E-state index in [2.05, 4.69) is 20.1 Å². The van der Waals surface area contributed by atoms with Crippen LogP contribution in [0.5, 0.6) is 0 Å². The zero-order valence-electron chi connectivity index (χ0n) is 15.1. The van der Waals surface area contributed by atoms with Gasteiger partial charge in [-0.3, -0.25) is 14.6 Å². The van der Waals surface area contributed by atoms with Gasteiger partial charge in [-0.2, -0.15) is 5.10 Å². The second-order valence-electron chi connectivity index (χ2n) is 7.10. The molecule has 1 aromatic carbocycles. The third-order valence-electron chi connectivity index (χ3n) is 5.27. The van der Waals surface area contributed by atoms with Gasteiger partial charge in [-0.25, -0.2) is 14.3 Å². The van der Waals surface area contributed by atoms with E-state index in [9.17, 15) is 14.4 Å². The highest BCUT2D eigenvalue weighted by atomic mass is 16.2. The van der Waals surface area contributed by atoms with Crippen molar-refractivity contribution in [3.8, 4) is 11.3 Å². The molecule has 0 aliphatic heterocycles. The highest BCUT2D eigenvalue weighted by Gasteiger charge is 2.41. The van der Waals surface area contributed by atoms with Crippen molar-refractivity contribution in [2.24, 2.45) is 5.73 Å². The van der Waals surface area contributed by atoms with Crippen LogP contribution in [0, 0.1) is 0 Å². The van der Waals surface area contributed by atoms with E-state index in [0.717, 1.165) is 17.5 Å². The molecule has 0 radical (unpaired) electrons. The van der Waals surface area contributed by atoms with Crippen LogP contribution in [0.4, 0.5) is 0 Å². The van der Waals surface area contributed by atoms with Crippen LogP contribution in [0.2, 0.25) is 0 Å². The Morgan fingerprint density at radius 2 is 2.07 bits per heavy atom. The lowest BCUT2D eigenvalue weighted by Crippen LogP contribution is -2.23. The molecule has 5 rings (SSSR count). The van der Waals surface area contributed by atoms with Gasteiger partial charge in [0.25, 0.3) is 5.56 Å². The van der Waals surface area contributed by atoms with Crippen molar-refractivity contribution in [2.45, 2.75) is 18.3 Å². The number of hydrogen-bond acceptors (Lipinski definition) is 5. The molecule has 0 bridgehead atoms. The SMILES string of the molecule is NC(=O)c1cccc([C@H]2C[C@@H]2c2cc(-c3c[nH]c(=O)[nH]c3=O)nn3ccnc23)c1. The van der Waals surface area contributed by atoms with Gasteiger partial charge in [0.15, 0.2) is 5.65 Å². The number of H-pyrrole nitrogens is 2. The summed E-state index contributed by atoms with van der Waals surface area (Å²) >= 11 is 0. The van der Waals surface area contributed by atoms with Crippen molar-refractivity contribution in [1.29, 1.82) is 0 Å². The lowest BCUT2D eigenvalue weighted by Gasteiger charge is -2.08. The molecule has 0 saturated heterocycles. The van der Waals surface area contributed by atoms with Crippen LogP contribution in [-0.2, 0) is 0 Å². The number of carbonyl (C=O) groups excluding carboxylic acids is 1. The minimum absolute atomic E-state index is 0.173. The first-order valence-corrected chi connectivity index (χ1v) is 9.07. The molecule has 29 heavy (non-hydrogen) atoms. The van der Waals surface area contributed by atoms with Crippen molar-refractivity contribution in [3.05, 3.63) is 86.5 Å². The Morgan fingerprint density at radius 1 is 1.21 bits per heavy atom. The number of hydrogen-bond donors (Lipinski definition) is 3. The fourth-order valence-electron chi connectivity index (χ4n) is 3.78. The maximum Gasteiger partial charge on any atom is 0.325 e. The molecular weight excluding hydrogens is 372 g/mol. The van der Waals surface area contributed by atoms with Crippen LogP contribution in [0.25, 0.3) is 16.9 Å². The van der Waals surface area contributed by atoms with Crippen LogP contribution in [0.1, 0.15) is 39.7 Å². The summed E-state index contributed by atoms with van der Waals surface area (Å²) in [6, 6.07) is 9.17. The van der Waals surface area contributed by atoms with Crippen molar-refractivity contribution in [2.75, 3.05) is 0 Å². The second-order valence-corrected chi connectivity index (χ2v) is 7.10. The van der Waals surface area contributed by atoms with Crippen molar-refractivity contribution < 1.29 is 4.79 Å². The summed E-state index contributed by atoms with van der Waals surface area (Å²) < 4.78 is 1.63. The number of aromatic nitrogens is 5. The highest BCUT2D eigenvalue weighted by molar-refractivity contribution is 5.93. The number of primary amides is 1. The Hall–Kier alpha value is -4.01. The maximum atomic E-state index is 12.2. The molecule has 2 atom stereocenters. The Balaban J connectivity index is 1.58. The molecular formula is C20H16N6O3. The number of fused-ring (bicyclic) bond motifs is 1. The van der Waals surface area contributed by atoms with E-state index in [1.54, 1.807) is 23.0 Å². The lowest BCUT2D eigenvalue weighted by atomic mass is 10.0. The van der Waals surface area contributed by atoms with Gasteiger partial charge in [0.2, 0.25) is 5.91 Å². The van der Waals surface area contributed by atoms with Crippen LogP contribution in [0.3, 0.4) is 0 Å². The number of benzene rings is 1. The summed E-state index contributed by atoms with van der Waals surface area (Å²) in [4.78, 5) is 44.1. The summed E-state index contributed by atoms with van der Waals surface area (Å²) in [5, 5.41) is 4.45. The van der Waals surface area contributed by atoms with Crippen LogP contribution in [0.15, 0.2) is 58.5 Å². The van der Waals surface area contributed by atoms with E-state index in [1.807, 2.05) is 24.3 Å². The maximum absolute atomic E-state index is 12.2. The second kappa shape index (κ2) is 6.26. The molecule has 3 aromatic heterocycles.